The largest absolute Gasteiger partial charge is 0.352 e. The Morgan fingerprint density at radius 3 is 2.18 bits per heavy atom. The molecule has 33 heavy (non-hydrogen) atoms. The van der Waals surface area contributed by atoms with Gasteiger partial charge < -0.3 is 10.2 Å². The van der Waals surface area contributed by atoms with E-state index in [2.05, 4.69) is 5.32 Å². The number of carbonyl (C=O) groups is 4. The lowest BCUT2D eigenvalue weighted by Crippen LogP contribution is -2.50. The molecule has 1 aliphatic carbocycles. The van der Waals surface area contributed by atoms with Gasteiger partial charge >= 0.3 is 0 Å². The van der Waals surface area contributed by atoms with E-state index in [4.69, 9.17) is 0 Å². The highest BCUT2D eigenvalue weighted by atomic mass is 16.2. The molecule has 2 aliphatic rings. The van der Waals surface area contributed by atoms with Gasteiger partial charge in [-0.2, -0.15) is 0 Å². The summed E-state index contributed by atoms with van der Waals surface area (Å²) in [6.45, 7) is 7.96. The molecule has 1 aliphatic heterocycles. The van der Waals surface area contributed by atoms with Crippen LogP contribution in [0.5, 0.6) is 0 Å². The maximum absolute atomic E-state index is 13.3. The van der Waals surface area contributed by atoms with E-state index in [1.807, 2.05) is 57.2 Å². The number of hydrogen-bond acceptors (Lipinski definition) is 4. The third-order valence-electron chi connectivity index (χ3n) is 6.79. The zero-order chi connectivity index (χ0) is 24.1. The maximum atomic E-state index is 13.3. The summed E-state index contributed by atoms with van der Waals surface area (Å²) in [6, 6.07) is 7.16. The first kappa shape index (κ1) is 24.7. The van der Waals surface area contributed by atoms with Gasteiger partial charge in [0.1, 0.15) is 6.04 Å². The number of fused-ring (bicyclic) bond motifs is 1. The van der Waals surface area contributed by atoms with Gasteiger partial charge in [0.15, 0.2) is 0 Å². The van der Waals surface area contributed by atoms with Crippen LogP contribution < -0.4 is 5.32 Å². The van der Waals surface area contributed by atoms with E-state index in [1.165, 1.54) is 4.90 Å². The molecule has 0 bridgehead atoms. The number of nitrogens with zero attached hydrogens (tertiary/aromatic N) is 2. The predicted octanol–water partition coefficient (Wildman–Crippen LogP) is 2.97. The van der Waals surface area contributed by atoms with Gasteiger partial charge in [0.2, 0.25) is 23.6 Å². The first-order valence-corrected chi connectivity index (χ1v) is 11.9. The van der Waals surface area contributed by atoms with E-state index in [9.17, 15) is 19.2 Å². The van der Waals surface area contributed by atoms with Crippen molar-refractivity contribution >= 4 is 23.6 Å². The Kier molecular flexibility index (Phi) is 8.06. The molecule has 7 nitrogen and oxygen atoms in total. The van der Waals surface area contributed by atoms with Gasteiger partial charge in [0.05, 0.1) is 11.8 Å². The Bertz CT molecular complexity index is 898. The molecule has 0 unspecified atom stereocenters. The van der Waals surface area contributed by atoms with Gasteiger partial charge in [-0.25, -0.2) is 0 Å². The second kappa shape index (κ2) is 10.8. The van der Waals surface area contributed by atoms with Crippen LogP contribution in [0.1, 0.15) is 57.6 Å². The van der Waals surface area contributed by atoms with Crippen LogP contribution in [0.4, 0.5) is 0 Å². The molecule has 4 atom stereocenters. The minimum atomic E-state index is -0.676. The normalized spacial score (nSPS) is 21.5. The molecule has 0 saturated carbocycles. The Morgan fingerprint density at radius 1 is 1.06 bits per heavy atom. The highest BCUT2D eigenvalue weighted by Gasteiger charge is 2.47. The van der Waals surface area contributed by atoms with Crippen molar-refractivity contribution in [3.05, 3.63) is 47.5 Å². The van der Waals surface area contributed by atoms with Crippen LogP contribution in [0.25, 0.3) is 0 Å². The zero-order valence-corrected chi connectivity index (χ0v) is 20.0. The Hall–Kier alpha value is -2.96. The molecule has 1 fully saturated rings. The fraction of sp³-hybridized carbons (Fsp3) is 0.538. The van der Waals surface area contributed by atoms with E-state index >= 15 is 0 Å². The standard InChI is InChI=1S/C26H35N3O4/c1-5-18(3)27-24(31)19(4)29(16-20-12-10-17(2)11-13-20)23(30)14-15-28-25(32)21-8-6-7-9-22(21)26(28)33/h6-7,10-13,18-19,21-22H,5,8-9,14-16H2,1-4H3,(H,27,31)/t18-,19+,21-,22+/m1/s1. The molecule has 0 radical (unpaired) electrons. The van der Waals surface area contributed by atoms with Gasteiger partial charge in [-0.05, 0) is 45.6 Å². The lowest BCUT2D eigenvalue weighted by Gasteiger charge is -2.30. The van der Waals surface area contributed by atoms with Crippen LogP contribution in [0.15, 0.2) is 36.4 Å². The molecule has 7 heteroatoms. The number of nitrogens with one attached hydrogen (secondary N) is 1. The van der Waals surface area contributed by atoms with E-state index < -0.39 is 6.04 Å². The lowest BCUT2D eigenvalue weighted by atomic mass is 9.85. The summed E-state index contributed by atoms with van der Waals surface area (Å²) in [5.74, 6) is -1.45. The number of allylic oxidation sites excluding steroid dienone is 2. The van der Waals surface area contributed by atoms with Crippen LogP contribution in [0.2, 0.25) is 0 Å². The fourth-order valence-electron chi connectivity index (χ4n) is 4.38. The molecule has 1 heterocycles. The third kappa shape index (κ3) is 5.70. The highest BCUT2D eigenvalue weighted by molar-refractivity contribution is 6.05. The number of amides is 4. The van der Waals surface area contributed by atoms with Crippen molar-refractivity contribution in [2.24, 2.45) is 11.8 Å². The molecule has 0 spiro atoms. The van der Waals surface area contributed by atoms with Crippen LogP contribution in [0, 0.1) is 18.8 Å². The Labute approximate surface area is 196 Å². The summed E-state index contributed by atoms with van der Waals surface area (Å²) in [6.07, 6.45) is 5.83. The zero-order valence-electron chi connectivity index (χ0n) is 20.0. The van der Waals surface area contributed by atoms with Gasteiger partial charge in [0.25, 0.3) is 0 Å². The molecule has 0 aromatic heterocycles. The average Bonchev–Trinajstić information content (AvgIpc) is 3.06. The molecule has 3 rings (SSSR count). The van der Waals surface area contributed by atoms with Crippen molar-refractivity contribution in [3.63, 3.8) is 0 Å². The van der Waals surface area contributed by atoms with Crippen molar-refractivity contribution in [3.8, 4) is 0 Å². The topological polar surface area (TPSA) is 86.8 Å². The summed E-state index contributed by atoms with van der Waals surface area (Å²) >= 11 is 0. The number of likely N-dealkylation sites (tertiary alicyclic amines) is 1. The van der Waals surface area contributed by atoms with Crippen LogP contribution in [-0.4, -0.2) is 52.1 Å². The first-order valence-electron chi connectivity index (χ1n) is 11.9. The minimum Gasteiger partial charge on any atom is -0.352 e. The van der Waals surface area contributed by atoms with Crippen molar-refractivity contribution < 1.29 is 19.2 Å². The number of aryl methyl sites for hydroxylation is 1. The van der Waals surface area contributed by atoms with E-state index in [-0.39, 0.29) is 61.0 Å². The van der Waals surface area contributed by atoms with E-state index in [0.717, 1.165) is 17.5 Å². The fourth-order valence-corrected chi connectivity index (χ4v) is 4.38. The smallest absolute Gasteiger partial charge is 0.242 e. The highest BCUT2D eigenvalue weighted by Crippen LogP contribution is 2.35. The number of benzene rings is 1. The van der Waals surface area contributed by atoms with Gasteiger partial charge in [-0.1, -0.05) is 48.9 Å². The lowest BCUT2D eigenvalue weighted by molar-refractivity contribution is -0.143. The number of imide groups is 1. The van der Waals surface area contributed by atoms with Crippen LogP contribution in [-0.2, 0) is 25.7 Å². The molecule has 1 N–H and O–H groups in total. The monoisotopic (exact) mass is 453 g/mol. The third-order valence-corrected chi connectivity index (χ3v) is 6.79. The maximum Gasteiger partial charge on any atom is 0.242 e. The molecular weight excluding hydrogens is 418 g/mol. The number of rotatable bonds is 9. The molecule has 4 amide bonds. The summed E-state index contributed by atoms with van der Waals surface area (Å²) in [5.41, 5.74) is 2.03. The van der Waals surface area contributed by atoms with Crippen LogP contribution >= 0.6 is 0 Å². The Morgan fingerprint density at radius 2 is 1.64 bits per heavy atom. The SMILES string of the molecule is CC[C@@H](C)NC(=O)[C@H](C)N(Cc1ccc(C)cc1)C(=O)CCN1C(=O)[C@H]2CC=CC[C@H]2C1=O. The van der Waals surface area contributed by atoms with E-state index in [1.54, 1.807) is 11.8 Å². The molecular formula is C26H35N3O4. The quantitative estimate of drug-likeness (QED) is 0.460. The summed E-state index contributed by atoms with van der Waals surface area (Å²) in [7, 11) is 0. The van der Waals surface area contributed by atoms with Crippen LogP contribution in [0.3, 0.4) is 0 Å². The van der Waals surface area contributed by atoms with Crippen molar-refractivity contribution in [2.75, 3.05) is 6.54 Å². The first-order chi connectivity index (χ1) is 15.7. The number of hydrogen-bond donors (Lipinski definition) is 1. The second-order valence-corrected chi connectivity index (χ2v) is 9.24. The summed E-state index contributed by atoms with van der Waals surface area (Å²) in [5, 5.41) is 2.95. The summed E-state index contributed by atoms with van der Waals surface area (Å²) in [4.78, 5) is 54.3. The van der Waals surface area contributed by atoms with Gasteiger partial charge in [-0.15, -0.1) is 0 Å². The molecule has 178 valence electrons. The average molecular weight is 454 g/mol. The van der Waals surface area contributed by atoms with E-state index in [0.29, 0.717) is 12.8 Å². The van der Waals surface area contributed by atoms with Crippen molar-refractivity contribution in [1.82, 2.24) is 15.1 Å². The molecule has 1 aromatic carbocycles. The van der Waals surface area contributed by atoms with Gasteiger partial charge in [-0.3, -0.25) is 24.1 Å². The Balaban J connectivity index is 1.71. The number of carbonyl (C=O) groups excluding carboxylic acids is 4. The molecule has 1 aromatic rings. The van der Waals surface area contributed by atoms with Crippen molar-refractivity contribution in [1.29, 1.82) is 0 Å². The van der Waals surface area contributed by atoms with Gasteiger partial charge in [0, 0.05) is 25.6 Å². The predicted molar refractivity (Wildman–Crippen MR) is 126 cm³/mol. The minimum absolute atomic E-state index is 0.00282. The van der Waals surface area contributed by atoms with Crippen molar-refractivity contribution in [2.45, 2.75) is 72.0 Å². The summed E-state index contributed by atoms with van der Waals surface area (Å²) < 4.78 is 0. The second-order valence-electron chi connectivity index (χ2n) is 9.24. The molecule has 1 saturated heterocycles.